The minimum absolute atomic E-state index is 0.117. The summed E-state index contributed by atoms with van der Waals surface area (Å²) in [6.07, 6.45) is 1.34. The molecule has 0 unspecified atom stereocenters. The van der Waals surface area contributed by atoms with E-state index in [0.29, 0.717) is 17.8 Å². The van der Waals surface area contributed by atoms with Crippen LogP contribution in [0.5, 0.6) is 0 Å². The molecule has 0 aliphatic carbocycles. The highest BCUT2D eigenvalue weighted by Crippen LogP contribution is 2.23. The number of carbonyl (C=O) groups excluding carboxylic acids is 1. The molecule has 0 spiro atoms. The zero-order valence-corrected chi connectivity index (χ0v) is 12.7. The number of aryl methyl sites for hydroxylation is 2. The number of rotatable bonds is 6. The summed E-state index contributed by atoms with van der Waals surface area (Å²) in [4.78, 5) is 24.8. The van der Waals surface area contributed by atoms with Gasteiger partial charge in [-0.05, 0) is 45.2 Å². The highest BCUT2D eigenvalue weighted by atomic mass is 32.1. The Hall–Kier alpha value is -1.36. The van der Waals surface area contributed by atoms with Gasteiger partial charge in [0.05, 0.1) is 10.3 Å². The molecule has 1 heterocycles. The van der Waals surface area contributed by atoms with Crippen LogP contribution < -0.4 is 5.32 Å². The number of hydrogen-bond donors (Lipinski definition) is 2. The van der Waals surface area contributed by atoms with Gasteiger partial charge in [-0.1, -0.05) is 6.92 Å². The maximum atomic E-state index is 11.9. The zero-order chi connectivity index (χ0) is 14.6. The Balaban J connectivity index is 2.54. The molecule has 0 atom stereocenters. The summed E-state index contributed by atoms with van der Waals surface area (Å²) in [5, 5.41) is 11.8. The summed E-state index contributed by atoms with van der Waals surface area (Å²) in [5.74, 6) is -0.962. The molecule has 0 aromatic carbocycles. The van der Waals surface area contributed by atoms with Gasteiger partial charge >= 0.3 is 5.97 Å². The van der Waals surface area contributed by atoms with E-state index in [1.807, 2.05) is 13.0 Å². The third-order valence-electron chi connectivity index (χ3n) is 3.18. The Morgan fingerprint density at radius 2 is 2.05 bits per heavy atom. The Kier molecular flexibility index (Phi) is 5.11. The summed E-state index contributed by atoms with van der Waals surface area (Å²) >= 11 is 1.50. The lowest BCUT2D eigenvalue weighted by Crippen LogP contribution is -2.31. The van der Waals surface area contributed by atoms with Crippen molar-refractivity contribution in [3.05, 3.63) is 21.4 Å². The summed E-state index contributed by atoms with van der Waals surface area (Å²) < 4.78 is 0. The van der Waals surface area contributed by atoms with E-state index in [1.54, 1.807) is 13.8 Å². The fraction of sp³-hybridized carbons (Fsp3) is 0.571. The van der Waals surface area contributed by atoms with Crippen molar-refractivity contribution in [1.82, 2.24) is 5.32 Å². The lowest BCUT2D eigenvalue weighted by molar-refractivity contribution is -0.147. The third-order valence-corrected chi connectivity index (χ3v) is 4.56. The van der Waals surface area contributed by atoms with E-state index in [4.69, 9.17) is 5.11 Å². The maximum absolute atomic E-state index is 11.9. The van der Waals surface area contributed by atoms with E-state index in [9.17, 15) is 9.59 Å². The molecule has 1 aromatic heterocycles. The number of carboxylic acids is 1. The normalized spacial score (nSPS) is 11.4. The van der Waals surface area contributed by atoms with Gasteiger partial charge in [0.15, 0.2) is 0 Å². The molecule has 4 nitrogen and oxygen atoms in total. The van der Waals surface area contributed by atoms with Gasteiger partial charge in [-0.2, -0.15) is 0 Å². The van der Waals surface area contributed by atoms with E-state index in [0.717, 1.165) is 12.0 Å². The van der Waals surface area contributed by atoms with Crippen LogP contribution in [0.1, 0.15) is 47.3 Å². The van der Waals surface area contributed by atoms with Gasteiger partial charge in [-0.15, -0.1) is 11.3 Å². The lowest BCUT2D eigenvalue weighted by Gasteiger charge is -2.18. The second-order valence-corrected chi connectivity index (χ2v) is 6.40. The average molecular weight is 283 g/mol. The number of hydrogen-bond acceptors (Lipinski definition) is 3. The van der Waals surface area contributed by atoms with Gasteiger partial charge in [0.25, 0.3) is 5.91 Å². The second-order valence-electron chi connectivity index (χ2n) is 5.27. The van der Waals surface area contributed by atoms with Crippen LogP contribution in [0.15, 0.2) is 6.07 Å². The number of carboxylic acid groups (broad SMARTS) is 1. The molecule has 0 bridgehead atoms. The van der Waals surface area contributed by atoms with E-state index in [1.165, 1.54) is 16.2 Å². The predicted octanol–water partition coefficient (Wildman–Crippen LogP) is 2.85. The predicted molar refractivity (Wildman–Crippen MR) is 76.8 cm³/mol. The Bertz CT molecular complexity index is 477. The Labute approximate surface area is 117 Å². The summed E-state index contributed by atoms with van der Waals surface area (Å²) in [7, 11) is 0. The largest absolute Gasteiger partial charge is 0.481 e. The maximum Gasteiger partial charge on any atom is 0.309 e. The Morgan fingerprint density at radius 1 is 1.42 bits per heavy atom. The highest BCUT2D eigenvalue weighted by Gasteiger charge is 2.26. The molecule has 106 valence electrons. The van der Waals surface area contributed by atoms with Crippen LogP contribution in [0.2, 0.25) is 0 Å². The minimum atomic E-state index is -0.845. The van der Waals surface area contributed by atoms with Gasteiger partial charge < -0.3 is 10.4 Å². The van der Waals surface area contributed by atoms with E-state index >= 15 is 0 Å². The van der Waals surface area contributed by atoms with Crippen LogP contribution in [-0.4, -0.2) is 23.5 Å². The first kappa shape index (κ1) is 15.7. The molecular formula is C14H21NO3S. The summed E-state index contributed by atoms with van der Waals surface area (Å²) in [6.45, 7) is 7.75. The van der Waals surface area contributed by atoms with Crippen LogP contribution in [0.3, 0.4) is 0 Å². The van der Waals surface area contributed by atoms with Gasteiger partial charge in [0.1, 0.15) is 0 Å². The fourth-order valence-corrected chi connectivity index (χ4v) is 2.70. The van der Waals surface area contributed by atoms with Gasteiger partial charge in [-0.25, -0.2) is 0 Å². The third kappa shape index (κ3) is 4.06. The number of amides is 1. The first-order valence-corrected chi connectivity index (χ1v) is 7.20. The molecule has 2 N–H and O–H groups in total. The molecule has 19 heavy (non-hydrogen) atoms. The van der Waals surface area contributed by atoms with Gasteiger partial charge in [0, 0.05) is 11.4 Å². The van der Waals surface area contributed by atoms with E-state index < -0.39 is 11.4 Å². The zero-order valence-electron chi connectivity index (χ0n) is 11.9. The lowest BCUT2D eigenvalue weighted by atomic mass is 9.90. The second kappa shape index (κ2) is 6.19. The smallest absolute Gasteiger partial charge is 0.309 e. The first-order chi connectivity index (χ1) is 8.77. The average Bonchev–Trinajstić information content (AvgIpc) is 2.70. The van der Waals surface area contributed by atoms with Crippen molar-refractivity contribution in [2.24, 2.45) is 5.41 Å². The van der Waals surface area contributed by atoms with Gasteiger partial charge in [0.2, 0.25) is 0 Å². The van der Waals surface area contributed by atoms with Crippen molar-refractivity contribution in [1.29, 1.82) is 0 Å². The summed E-state index contributed by atoms with van der Waals surface area (Å²) in [6, 6.07) is 1.89. The Morgan fingerprint density at radius 3 is 2.53 bits per heavy atom. The summed E-state index contributed by atoms with van der Waals surface area (Å²) in [5.41, 5.74) is 0.330. The molecule has 1 rings (SSSR count). The molecule has 0 saturated carbocycles. The van der Waals surface area contributed by atoms with E-state index in [-0.39, 0.29) is 5.91 Å². The molecule has 0 fully saturated rings. The van der Waals surface area contributed by atoms with Gasteiger partial charge in [-0.3, -0.25) is 9.59 Å². The molecule has 0 aliphatic heterocycles. The van der Waals surface area contributed by atoms with Crippen LogP contribution in [0.4, 0.5) is 0 Å². The first-order valence-electron chi connectivity index (χ1n) is 6.39. The molecule has 0 saturated heterocycles. The van der Waals surface area contributed by atoms with Crippen molar-refractivity contribution < 1.29 is 14.7 Å². The van der Waals surface area contributed by atoms with Crippen LogP contribution >= 0.6 is 11.3 Å². The molecular weight excluding hydrogens is 262 g/mol. The number of nitrogens with one attached hydrogen (secondary N) is 1. The monoisotopic (exact) mass is 283 g/mol. The molecule has 1 aromatic rings. The van der Waals surface area contributed by atoms with Crippen molar-refractivity contribution in [2.75, 3.05) is 6.54 Å². The molecule has 0 aliphatic rings. The van der Waals surface area contributed by atoms with Crippen molar-refractivity contribution in [3.8, 4) is 0 Å². The molecule has 5 heteroatoms. The number of thiophene rings is 1. The van der Waals surface area contributed by atoms with Crippen LogP contribution in [-0.2, 0) is 11.2 Å². The SMILES string of the molecule is CCc1sc(C(=O)NCCC(C)(C)C(=O)O)cc1C. The highest BCUT2D eigenvalue weighted by molar-refractivity contribution is 7.14. The molecule has 0 radical (unpaired) electrons. The minimum Gasteiger partial charge on any atom is -0.481 e. The fourth-order valence-electron chi connectivity index (χ4n) is 1.67. The number of carbonyl (C=O) groups is 2. The standard InChI is InChI=1S/C14H21NO3S/c1-5-10-9(2)8-11(19-10)12(16)15-7-6-14(3,4)13(17)18/h8H,5-7H2,1-4H3,(H,15,16)(H,17,18). The van der Waals surface area contributed by atoms with Crippen LogP contribution in [0, 0.1) is 12.3 Å². The quantitative estimate of drug-likeness (QED) is 0.843. The molecule has 1 amide bonds. The van der Waals surface area contributed by atoms with Crippen molar-refractivity contribution >= 4 is 23.2 Å². The topological polar surface area (TPSA) is 66.4 Å². The van der Waals surface area contributed by atoms with Crippen LogP contribution in [0.25, 0.3) is 0 Å². The van der Waals surface area contributed by atoms with Crippen molar-refractivity contribution in [2.45, 2.75) is 40.5 Å². The van der Waals surface area contributed by atoms with Crippen molar-refractivity contribution in [3.63, 3.8) is 0 Å². The van der Waals surface area contributed by atoms with E-state index in [2.05, 4.69) is 12.2 Å². The number of aliphatic carboxylic acids is 1.